The average molecular weight is 192 g/mol. The first-order chi connectivity index (χ1) is 6.79. The molecule has 0 bridgehead atoms. The van der Waals surface area contributed by atoms with Crippen molar-refractivity contribution < 1.29 is 0 Å². The minimum absolute atomic E-state index is 0.579. The number of anilines is 1. The highest BCUT2D eigenvalue weighted by atomic mass is 15.1. The van der Waals surface area contributed by atoms with Gasteiger partial charge in [0.05, 0.1) is 5.69 Å². The molecule has 1 fully saturated rings. The lowest BCUT2D eigenvalue weighted by atomic mass is 10.1. The zero-order chi connectivity index (χ0) is 9.97. The maximum Gasteiger partial charge on any atom is 0.222 e. The predicted octanol–water partition coefficient (Wildman–Crippen LogP) is 0.937. The summed E-state index contributed by atoms with van der Waals surface area (Å²) in [6, 6.07) is 2.02. The van der Waals surface area contributed by atoms with Crippen molar-refractivity contribution in [1.82, 2.24) is 14.9 Å². The van der Waals surface area contributed by atoms with Crippen LogP contribution in [0.1, 0.15) is 18.0 Å². The van der Waals surface area contributed by atoms with Crippen molar-refractivity contribution in [2.24, 2.45) is 0 Å². The Kier molecular flexibility index (Phi) is 2.63. The minimum atomic E-state index is 0.579. The van der Waals surface area contributed by atoms with Crippen molar-refractivity contribution in [1.29, 1.82) is 0 Å². The van der Waals surface area contributed by atoms with Crippen LogP contribution in [0.25, 0.3) is 0 Å². The molecule has 0 aliphatic carbocycles. The SMILES string of the molecule is CNc1nccc(C2CCN(C)C2)n1. The molecule has 1 aliphatic rings. The normalized spacial score (nSPS) is 22.6. The van der Waals surface area contributed by atoms with E-state index >= 15 is 0 Å². The lowest BCUT2D eigenvalue weighted by molar-refractivity contribution is 0.410. The molecule has 1 saturated heterocycles. The zero-order valence-electron chi connectivity index (χ0n) is 8.70. The van der Waals surface area contributed by atoms with Crippen LogP contribution < -0.4 is 5.32 Å². The molecule has 0 saturated carbocycles. The summed E-state index contributed by atoms with van der Waals surface area (Å²) in [6.07, 6.45) is 3.03. The summed E-state index contributed by atoms with van der Waals surface area (Å²) in [7, 11) is 4.00. The van der Waals surface area contributed by atoms with Crippen LogP contribution >= 0.6 is 0 Å². The maximum absolute atomic E-state index is 4.46. The van der Waals surface area contributed by atoms with Gasteiger partial charge in [-0.25, -0.2) is 9.97 Å². The number of likely N-dealkylation sites (N-methyl/N-ethyl adjacent to an activating group) is 1. The minimum Gasteiger partial charge on any atom is -0.357 e. The molecule has 1 aliphatic heterocycles. The first-order valence-electron chi connectivity index (χ1n) is 4.99. The topological polar surface area (TPSA) is 41.1 Å². The molecule has 1 unspecified atom stereocenters. The molecule has 1 atom stereocenters. The molecule has 1 aromatic heterocycles. The van der Waals surface area contributed by atoms with E-state index in [9.17, 15) is 0 Å². The standard InChI is InChI=1S/C10H16N4/c1-11-10-12-5-3-9(13-10)8-4-6-14(2)7-8/h3,5,8H,4,6-7H2,1-2H3,(H,11,12,13). The zero-order valence-corrected chi connectivity index (χ0v) is 8.70. The third kappa shape index (κ3) is 1.85. The molecule has 1 aromatic rings. The van der Waals surface area contributed by atoms with Crippen molar-refractivity contribution in [2.45, 2.75) is 12.3 Å². The van der Waals surface area contributed by atoms with Gasteiger partial charge in [0.25, 0.3) is 0 Å². The van der Waals surface area contributed by atoms with Crippen molar-refractivity contribution in [2.75, 3.05) is 32.5 Å². The highest BCUT2D eigenvalue weighted by molar-refractivity contribution is 5.25. The van der Waals surface area contributed by atoms with Gasteiger partial charge in [0.2, 0.25) is 5.95 Å². The van der Waals surface area contributed by atoms with Crippen LogP contribution in [0.3, 0.4) is 0 Å². The van der Waals surface area contributed by atoms with Crippen LogP contribution in [0, 0.1) is 0 Å². The van der Waals surface area contributed by atoms with Gasteiger partial charge in [0, 0.05) is 25.7 Å². The van der Waals surface area contributed by atoms with Crippen molar-refractivity contribution in [3.05, 3.63) is 18.0 Å². The Morgan fingerprint density at radius 2 is 2.43 bits per heavy atom. The van der Waals surface area contributed by atoms with Gasteiger partial charge in [-0.05, 0) is 26.1 Å². The summed E-state index contributed by atoms with van der Waals surface area (Å²) in [5.74, 6) is 1.30. The van der Waals surface area contributed by atoms with Crippen LogP contribution in [-0.2, 0) is 0 Å². The Bertz CT molecular complexity index is 313. The second kappa shape index (κ2) is 3.92. The molecule has 2 heterocycles. The third-order valence-electron chi connectivity index (χ3n) is 2.71. The lowest BCUT2D eigenvalue weighted by Gasteiger charge is -2.10. The maximum atomic E-state index is 4.46. The Labute approximate surface area is 84.4 Å². The summed E-state index contributed by atoms with van der Waals surface area (Å²) in [5, 5.41) is 2.97. The predicted molar refractivity (Wildman–Crippen MR) is 56.4 cm³/mol. The molecule has 14 heavy (non-hydrogen) atoms. The summed E-state index contributed by atoms with van der Waals surface area (Å²) < 4.78 is 0. The summed E-state index contributed by atoms with van der Waals surface area (Å²) >= 11 is 0. The van der Waals surface area contributed by atoms with Gasteiger partial charge in [-0.3, -0.25) is 0 Å². The van der Waals surface area contributed by atoms with E-state index < -0.39 is 0 Å². The second-order valence-electron chi connectivity index (χ2n) is 3.80. The molecule has 76 valence electrons. The first-order valence-corrected chi connectivity index (χ1v) is 4.99. The van der Waals surface area contributed by atoms with E-state index in [4.69, 9.17) is 0 Å². The fourth-order valence-corrected chi connectivity index (χ4v) is 1.90. The number of nitrogens with one attached hydrogen (secondary N) is 1. The van der Waals surface area contributed by atoms with Gasteiger partial charge >= 0.3 is 0 Å². The molecule has 0 aromatic carbocycles. The van der Waals surface area contributed by atoms with E-state index in [-0.39, 0.29) is 0 Å². The van der Waals surface area contributed by atoms with Gasteiger partial charge < -0.3 is 10.2 Å². The summed E-state index contributed by atoms with van der Waals surface area (Å²) in [4.78, 5) is 10.9. The number of rotatable bonds is 2. The van der Waals surface area contributed by atoms with E-state index in [1.807, 2.05) is 19.3 Å². The molecule has 0 spiro atoms. The molecular formula is C10H16N4. The molecule has 4 nitrogen and oxygen atoms in total. The fourth-order valence-electron chi connectivity index (χ4n) is 1.90. The highest BCUT2D eigenvalue weighted by Crippen LogP contribution is 2.24. The van der Waals surface area contributed by atoms with Crippen LogP contribution in [-0.4, -0.2) is 42.1 Å². The third-order valence-corrected chi connectivity index (χ3v) is 2.71. The van der Waals surface area contributed by atoms with Crippen LogP contribution in [0.5, 0.6) is 0 Å². The van der Waals surface area contributed by atoms with Gasteiger partial charge in [-0.1, -0.05) is 0 Å². The van der Waals surface area contributed by atoms with Gasteiger partial charge in [0.1, 0.15) is 0 Å². The molecule has 4 heteroatoms. The van der Waals surface area contributed by atoms with Crippen molar-refractivity contribution in [3.63, 3.8) is 0 Å². The molecular weight excluding hydrogens is 176 g/mol. The van der Waals surface area contributed by atoms with Gasteiger partial charge in [-0.2, -0.15) is 0 Å². The Hall–Kier alpha value is -1.16. The number of aromatic nitrogens is 2. The van der Waals surface area contributed by atoms with E-state index in [0.29, 0.717) is 5.92 Å². The molecule has 0 radical (unpaired) electrons. The van der Waals surface area contributed by atoms with E-state index in [1.165, 1.54) is 13.0 Å². The summed E-state index contributed by atoms with van der Waals surface area (Å²) in [5.41, 5.74) is 1.16. The highest BCUT2D eigenvalue weighted by Gasteiger charge is 2.22. The number of nitrogens with zero attached hydrogens (tertiary/aromatic N) is 3. The Balaban J connectivity index is 2.15. The van der Waals surface area contributed by atoms with Crippen LogP contribution in [0.2, 0.25) is 0 Å². The van der Waals surface area contributed by atoms with E-state index in [0.717, 1.165) is 18.2 Å². The first kappa shape index (κ1) is 9.40. The number of hydrogen-bond donors (Lipinski definition) is 1. The van der Waals surface area contributed by atoms with Crippen molar-refractivity contribution >= 4 is 5.95 Å². The van der Waals surface area contributed by atoms with Crippen molar-refractivity contribution in [3.8, 4) is 0 Å². The largest absolute Gasteiger partial charge is 0.357 e. The monoisotopic (exact) mass is 192 g/mol. The molecule has 0 amide bonds. The smallest absolute Gasteiger partial charge is 0.222 e. The lowest BCUT2D eigenvalue weighted by Crippen LogP contribution is -2.14. The number of hydrogen-bond acceptors (Lipinski definition) is 4. The molecule has 1 N–H and O–H groups in total. The van der Waals surface area contributed by atoms with Crippen LogP contribution in [0.4, 0.5) is 5.95 Å². The number of likely N-dealkylation sites (tertiary alicyclic amines) is 1. The van der Waals surface area contributed by atoms with Crippen LogP contribution in [0.15, 0.2) is 12.3 Å². The summed E-state index contributed by atoms with van der Waals surface area (Å²) in [6.45, 7) is 2.28. The van der Waals surface area contributed by atoms with Gasteiger partial charge in [-0.15, -0.1) is 0 Å². The average Bonchev–Trinajstić information content (AvgIpc) is 2.65. The Morgan fingerprint density at radius 1 is 1.57 bits per heavy atom. The quantitative estimate of drug-likeness (QED) is 0.757. The Morgan fingerprint density at radius 3 is 3.07 bits per heavy atom. The van der Waals surface area contributed by atoms with Gasteiger partial charge in [0.15, 0.2) is 0 Å². The second-order valence-corrected chi connectivity index (χ2v) is 3.80. The van der Waals surface area contributed by atoms with E-state index in [2.05, 4.69) is 27.2 Å². The fraction of sp³-hybridized carbons (Fsp3) is 0.600. The van der Waals surface area contributed by atoms with E-state index in [1.54, 1.807) is 0 Å². The molecule has 2 rings (SSSR count).